The summed E-state index contributed by atoms with van der Waals surface area (Å²) in [4.78, 5) is 12.0. The highest BCUT2D eigenvalue weighted by atomic mass is 35.5. The van der Waals surface area contributed by atoms with Gasteiger partial charge in [-0.15, -0.1) is 0 Å². The van der Waals surface area contributed by atoms with E-state index in [1.54, 1.807) is 0 Å². The number of ketones is 1. The second-order valence-electron chi connectivity index (χ2n) is 3.53. The Bertz CT molecular complexity index is 573. The van der Waals surface area contributed by atoms with Crippen LogP contribution in [-0.2, 0) is 0 Å². The predicted octanol–water partition coefficient (Wildman–Crippen LogP) is 4.50. The summed E-state index contributed by atoms with van der Waals surface area (Å²) in [6, 6.07) is 7.80. The van der Waals surface area contributed by atoms with Gasteiger partial charge in [0, 0.05) is 5.56 Å². The summed E-state index contributed by atoms with van der Waals surface area (Å²) in [5.74, 6) is -2.99. The molecule has 0 atom stereocenters. The molecule has 0 bridgehead atoms. The molecule has 2 aromatic carbocycles. The molecule has 2 aromatic rings. The summed E-state index contributed by atoms with van der Waals surface area (Å²) in [7, 11) is 0. The molecule has 0 radical (unpaired) electrons. The molecule has 0 aliphatic heterocycles. The molecule has 0 aliphatic rings. The predicted molar refractivity (Wildman–Crippen MR) is 66.3 cm³/mol. The van der Waals surface area contributed by atoms with Crippen LogP contribution in [-0.4, -0.2) is 5.78 Å². The van der Waals surface area contributed by atoms with Crippen molar-refractivity contribution in [3.63, 3.8) is 0 Å². The molecule has 0 fully saturated rings. The topological polar surface area (TPSA) is 17.1 Å². The summed E-state index contributed by atoms with van der Waals surface area (Å²) in [5.41, 5.74) is -0.340. The molecule has 0 heterocycles. The highest BCUT2D eigenvalue weighted by molar-refractivity contribution is 6.44. The Hall–Kier alpha value is -1.45. The fourth-order valence-corrected chi connectivity index (χ4v) is 1.89. The second-order valence-corrected chi connectivity index (χ2v) is 4.32. The molecule has 2 rings (SSSR count). The number of halogens is 4. The number of carbonyl (C=O) groups is 1. The third-order valence-electron chi connectivity index (χ3n) is 2.39. The van der Waals surface area contributed by atoms with E-state index in [9.17, 15) is 13.6 Å². The van der Waals surface area contributed by atoms with Crippen molar-refractivity contribution in [1.29, 1.82) is 0 Å². The van der Waals surface area contributed by atoms with Gasteiger partial charge in [-0.3, -0.25) is 4.79 Å². The Morgan fingerprint density at radius 3 is 2.28 bits per heavy atom. The van der Waals surface area contributed by atoms with E-state index in [1.165, 1.54) is 30.3 Å². The van der Waals surface area contributed by atoms with Crippen LogP contribution in [0.2, 0.25) is 10.0 Å². The number of hydrogen-bond acceptors (Lipinski definition) is 1. The summed E-state index contributed by atoms with van der Waals surface area (Å²) >= 11 is 11.6. The Morgan fingerprint density at radius 2 is 1.56 bits per heavy atom. The van der Waals surface area contributed by atoms with Crippen LogP contribution in [0.15, 0.2) is 36.4 Å². The maximum Gasteiger partial charge on any atom is 0.197 e. The zero-order valence-electron chi connectivity index (χ0n) is 8.88. The molecule has 1 nitrogen and oxygen atoms in total. The fourth-order valence-electron chi connectivity index (χ4n) is 1.50. The van der Waals surface area contributed by atoms with Gasteiger partial charge in [0.15, 0.2) is 17.4 Å². The van der Waals surface area contributed by atoms with Crippen LogP contribution >= 0.6 is 23.2 Å². The minimum absolute atomic E-state index is 0.0211. The van der Waals surface area contributed by atoms with Crippen molar-refractivity contribution in [2.24, 2.45) is 0 Å². The van der Waals surface area contributed by atoms with Gasteiger partial charge in [0.25, 0.3) is 0 Å². The Kier molecular flexibility index (Phi) is 3.64. The molecule has 0 spiro atoms. The van der Waals surface area contributed by atoms with Crippen LogP contribution in [0.25, 0.3) is 0 Å². The lowest BCUT2D eigenvalue weighted by Gasteiger charge is -2.06. The third-order valence-corrected chi connectivity index (χ3v) is 3.21. The van der Waals surface area contributed by atoms with Gasteiger partial charge in [-0.05, 0) is 24.3 Å². The molecular weight excluding hydrogens is 281 g/mol. The van der Waals surface area contributed by atoms with E-state index in [4.69, 9.17) is 23.2 Å². The molecule has 92 valence electrons. The van der Waals surface area contributed by atoms with Crippen molar-refractivity contribution < 1.29 is 13.6 Å². The minimum Gasteiger partial charge on any atom is -0.288 e. The lowest BCUT2D eigenvalue weighted by Crippen LogP contribution is -2.06. The number of benzene rings is 2. The summed E-state index contributed by atoms with van der Waals surface area (Å²) in [6.45, 7) is 0. The van der Waals surface area contributed by atoms with E-state index in [0.29, 0.717) is 0 Å². The molecule has 0 saturated carbocycles. The molecule has 0 saturated heterocycles. The summed E-state index contributed by atoms with van der Waals surface area (Å²) in [5, 5.41) is 0.201. The normalized spacial score (nSPS) is 10.4. The Labute approximate surface area is 112 Å². The van der Waals surface area contributed by atoms with Gasteiger partial charge in [-0.1, -0.05) is 35.3 Å². The number of carbonyl (C=O) groups excluding carboxylic acids is 1. The third kappa shape index (κ3) is 2.24. The molecule has 0 N–H and O–H groups in total. The quantitative estimate of drug-likeness (QED) is 0.743. The highest BCUT2D eigenvalue weighted by Crippen LogP contribution is 2.28. The van der Waals surface area contributed by atoms with Gasteiger partial charge < -0.3 is 0 Å². The van der Waals surface area contributed by atoms with Gasteiger partial charge in [-0.25, -0.2) is 8.78 Å². The van der Waals surface area contributed by atoms with Crippen molar-refractivity contribution in [1.82, 2.24) is 0 Å². The standard InChI is InChI=1S/C13H6Cl2F2O/c14-9-5-1-3-7(11(9)15)13(18)8-4-2-6-10(16)12(8)17/h1-6H. The van der Waals surface area contributed by atoms with Crippen molar-refractivity contribution in [3.05, 3.63) is 69.2 Å². The Morgan fingerprint density at radius 1 is 0.944 bits per heavy atom. The van der Waals surface area contributed by atoms with Crippen molar-refractivity contribution in [3.8, 4) is 0 Å². The van der Waals surface area contributed by atoms with Crippen LogP contribution in [0.1, 0.15) is 15.9 Å². The van der Waals surface area contributed by atoms with Crippen LogP contribution < -0.4 is 0 Å². The largest absolute Gasteiger partial charge is 0.288 e. The first-order valence-electron chi connectivity index (χ1n) is 4.95. The molecule has 5 heteroatoms. The van der Waals surface area contributed by atoms with Crippen molar-refractivity contribution in [2.75, 3.05) is 0 Å². The second kappa shape index (κ2) is 5.04. The lowest BCUT2D eigenvalue weighted by molar-refractivity contribution is 0.103. The number of rotatable bonds is 2. The average molecular weight is 287 g/mol. The lowest BCUT2D eigenvalue weighted by atomic mass is 10.0. The fraction of sp³-hybridized carbons (Fsp3) is 0. The zero-order valence-corrected chi connectivity index (χ0v) is 10.4. The summed E-state index contributed by atoms with van der Waals surface area (Å²) < 4.78 is 26.5. The maximum absolute atomic E-state index is 13.5. The molecule has 0 amide bonds. The van der Waals surface area contributed by atoms with Gasteiger partial charge in [0.1, 0.15) is 0 Å². The van der Waals surface area contributed by atoms with Gasteiger partial charge in [-0.2, -0.15) is 0 Å². The molecular formula is C13H6Cl2F2O. The van der Waals surface area contributed by atoms with Gasteiger partial charge in [0.2, 0.25) is 0 Å². The van der Waals surface area contributed by atoms with Gasteiger partial charge in [0.05, 0.1) is 15.6 Å². The molecule has 18 heavy (non-hydrogen) atoms. The van der Waals surface area contributed by atoms with Crippen molar-refractivity contribution in [2.45, 2.75) is 0 Å². The smallest absolute Gasteiger partial charge is 0.197 e. The van der Waals surface area contributed by atoms with Crippen LogP contribution in [0.3, 0.4) is 0 Å². The van der Waals surface area contributed by atoms with Crippen LogP contribution in [0.4, 0.5) is 8.78 Å². The van der Waals surface area contributed by atoms with E-state index in [-0.39, 0.29) is 21.2 Å². The average Bonchev–Trinajstić information content (AvgIpc) is 2.35. The van der Waals surface area contributed by atoms with Crippen molar-refractivity contribution >= 4 is 29.0 Å². The van der Waals surface area contributed by atoms with E-state index >= 15 is 0 Å². The molecule has 0 aliphatic carbocycles. The monoisotopic (exact) mass is 286 g/mol. The zero-order chi connectivity index (χ0) is 13.3. The van der Waals surface area contributed by atoms with E-state index in [2.05, 4.69) is 0 Å². The van der Waals surface area contributed by atoms with E-state index in [0.717, 1.165) is 6.07 Å². The number of hydrogen-bond donors (Lipinski definition) is 0. The van der Waals surface area contributed by atoms with Crippen LogP contribution in [0.5, 0.6) is 0 Å². The SMILES string of the molecule is O=C(c1cccc(F)c1F)c1cccc(Cl)c1Cl. The first-order valence-corrected chi connectivity index (χ1v) is 5.70. The first-order chi connectivity index (χ1) is 8.52. The van der Waals surface area contributed by atoms with E-state index < -0.39 is 17.4 Å². The van der Waals surface area contributed by atoms with Crippen LogP contribution in [0, 0.1) is 11.6 Å². The molecule has 0 aromatic heterocycles. The highest BCUT2D eigenvalue weighted by Gasteiger charge is 2.19. The summed E-state index contributed by atoms with van der Waals surface area (Å²) in [6.07, 6.45) is 0. The van der Waals surface area contributed by atoms with E-state index in [1.807, 2.05) is 0 Å². The maximum atomic E-state index is 13.5. The Balaban J connectivity index is 2.55. The molecule has 0 unspecified atom stereocenters. The minimum atomic E-state index is -1.20. The van der Waals surface area contributed by atoms with Gasteiger partial charge >= 0.3 is 0 Å². The first kappa shape index (κ1) is 13.0.